The summed E-state index contributed by atoms with van der Waals surface area (Å²) in [6.45, 7) is 8.29. The maximum Gasteiger partial charge on any atom is 0.273 e. The Morgan fingerprint density at radius 1 is 1.39 bits per heavy atom. The molecule has 28 heavy (non-hydrogen) atoms. The standard InChI is InChI=1S/C20H31N5O3/c1-15(19-5-4-16(2)28-19)6-10-24-11-7-17(8-12-24)25-14-18(22-23-25)20(26)21-9-13-27-3/h4-5,14-15,17H,6-13H2,1-3H3,(H,21,26). The van der Waals surface area contributed by atoms with Gasteiger partial charge in [0.05, 0.1) is 18.8 Å². The normalized spacial score (nSPS) is 17.0. The third kappa shape index (κ3) is 5.42. The Labute approximate surface area is 166 Å². The molecule has 0 aliphatic carbocycles. The van der Waals surface area contributed by atoms with E-state index in [-0.39, 0.29) is 5.91 Å². The minimum absolute atomic E-state index is 0.206. The largest absolute Gasteiger partial charge is 0.466 e. The third-order valence-corrected chi connectivity index (χ3v) is 5.39. The monoisotopic (exact) mass is 389 g/mol. The molecule has 0 saturated carbocycles. The van der Waals surface area contributed by atoms with Gasteiger partial charge in [-0.1, -0.05) is 12.1 Å². The lowest BCUT2D eigenvalue weighted by Gasteiger charge is -2.32. The molecule has 1 aliphatic rings. The number of hydrogen-bond acceptors (Lipinski definition) is 6. The van der Waals surface area contributed by atoms with E-state index in [0.717, 1.165) is 50.4 Å². The quantitative estimate of drug-likeness (QED) is 0.663. The summed E-state index contributed by atoms with van der Waals surface area (Å²) in [5.41, 5.74) is 0.362. The molecule has 3 rings (SSSR count). The van der Waals surface area contributed by atoms with E-state index in [1.807, 2.05) is 17.7 Å². The summed E-state index contributed by atoms with van der Waals surface area (Å²) in [5.74, 6) is 2.28. The lowest BCUT2D eigenvalue weighted by Crippen LogP contribution is -2.35. The van der Waals surface area contributed by atoms with Gasteiger partial charge in [-0.15, -0.1) is 5.10 Å². The molecule has 3 heterocycles. The molecule has 1 aliphatic heterocycles. The molecule has 1 saturated heterocycles. The molecule has 0 aromatic carbocycles. The highest BCUT2D eigenvalue weighted by atomic mass is 16.5. The van der Waals surface area contributed by atoms with Crippen molar-refractivity contribution in [1.29, 1.82) is 0 Å². The maximum atomic E-state index is 12.0. The topological polar surface area (TPSA) is 85.4 Å². The SMILES string of the molecule is COCCNC(=O)c1cn(C2CCN(CCC(C)c3ccc(C)o3)CC2)nn1. The summed E-state index contributed by atoms with van der Waals surface area (Å²) >= 11 is 0. The lowest BCUT2D eigenvalue weighted by molar-refractivity contribution is 0.0932. The Morgan fingerprint density at radius 2 is 2.18 bits per heavy atom. The van der Waals surface area contributed by atoms with Gasteiger partial charge in [0.2, 0.25) is 0 Å². The molecule has 0 bridgehead atoms. The smallest absolute Gasteiger partial charge is 0.273 e. The van der Waals surface area contributed by atoms with Crippen LogP contribution < -0.4 is 5.32 Å². The third-order valence-electron chi connectivity index (χ3n) is 5.39. The Balaban J connectivity index is 1.42. The van der Waals surface area contributed by atoms with Crippen molar-refractivity contribution in [3.8, 4) is 0 Å². The van der Waals surface area contributed by atoms with Crippen molar-refractivity contribution in [2.24, 2.45) is 0 Å². The molecular weight excluding hydrogens is 358 g/mol. The van der Waals surface area contributed by atoms with E-state index >= 15 is 0 Å². The second kappa shape index (κ2) is 9.84. The number of furan rings is 1. The van der Waals surface area contributed by atoms with E-state index in [4.69, 9.17) is 9.15 Å². The van der Waals surface area contributed by atoms with Crippen LogP contribution in [0.2, 0.25) is 0 Å². The minimum Gasteiger partial charge on any atom is -0.466 e. The summed E-state index contributed by atoms with van der Waals surface area (Å²) in [6.07, 6.45) is 4.88. The molecule has 154 valence electrons. The minimum atomic E-state index is -0.206. The number of methoxy groups -OCH3 is 1. The number of aryl methyl sites for hydroxylation is 1. The van der Waals surface area contributed by atoms with E-state index in [1.54, 1.807) is 13.3 Å². The molecule has 1 fully saturated rings. The zero-order valence-electron chi connectivity index (χ0n) is 17.1. The first-order valence-electron chi connectivity index (χ1n) is 10.0. The second-order valence-corrected chi connectivity index (χ2v) is 7.54. The summed E-state index contributed by atoms with van der Waals surface area (Å²) in [6, 6.07) is 4.41. The molecule has 2 aromatic heterocycles. The van der Waals surface area contributed by atoms with Gasteiger partial charge in [0.1, 0.15) is 11.5 Å². The first-order chi connectivity index (χ1) is 13.6. The molecule has 1 unspecified atom stereocenters. The number of carbonyl (C=O) groups excluding carboxylic acids is 1. The molecule has 1 N–H and O–H groups in total. The van der Waals surface area contributed by atoms with Crippen LogP contribution >= 0.6 is 0 Å². The van der Waals surface area contributed by atoms with E-state index in [9.17, 15) is 4.79 Å². The van der Waals surface area contributed by atoms with Gasteiger partial charge >= 0.3 is 0 Å². The van der Waals surface area contributed by atoms with Crippen molar-refractivity contribution in [2.45, 2.75) is 45.1 Å². The number of likely N-dealkylation sites (tertiary alicyclic amines) is 1. The average molecular weight is 390 g/mol. The molecular formula is C20H31N5O3. The van der Waals surface area contributed by atoms with E-state index < -0.39 is 0 Å². The van der Waals surface area contributed by atoms with E-state index in [0.29, 0.717) is 30.8 Å². The number of nitrogens with zero attached hydrogens (tertiary/aromatic N) is 4. The van der Waals surface area contributed by atoms with Crippen LogP contribution in [0.5, 0.6) is 0 Å². The van der Waals surface area contributed by atoms with Gasteiger partial charge in [0, 0.05) is 32.7 Å². The number of piperidine rings is 1. The van der Waals surface area contributed by atoms with Gasteiger partial charge in [-0.25, -0.2) is 4.68 Å². The predicted octanol–water partition coefficient (Wildman–Crippen LogP) is 2.39. The fourth-order valence-electron chi connectivity index (χ4n) is 3.56. The highest BCUT2D eigenvalue weighted by Crippen LogP contribution is 2.25. The predicted molar refractivity (Wildman–Crippen MR) is 105 cm³/mol. The number of ether oxygens (including phenoxy) is 1. The first-order valence-corrected chi connectivity index (χ1v) is 10.0. The Bertz CT molecular complexity index is 749. The molecule has 1 amide bonds. The van der Waals surface area contributed by atoms with Crippen molar-refractivity contribution >= 4 is 5.91 Å². The van der Waals surface area contributed by atoms with Crippen molar-refractivity contribution in [1.82, 2.24) is 25.2 Å². The van der Waals surface area contributed by atoms with Crippen molar-refractivity contribution in [3.63, 3.8) is 0 Å². The number of rotatable bonds is 9. The lowest BCUT2D eigenvalue weighted by atomic mass is 10.0. The van der Waals surface area contributed by atoms with E-state index in [1.165, 1.54) is 0 Å². The average Bonchev–Trinajstić information content (AvgIpc) is 3.36. The Hall–Kier alpha value is -2.19. The van der Waals surface area contributed by atoms with Crippen LogP contribution in [0.3, 0.4) is 0 Å². The molecule has 8 heteroatoms. The number of aromatic nitrogens is 3. The summed E-state index contributed by atoms with van der Waals surface area (Å²) in [7, 11) is 1.60. The summed E-state index contributed by atoms with van der Waals surface area (Å²) in [4.78, 5) is 14.5. The number of amides is 1. The van der Waals surface area contributed by atoms with Crippen LogP contribution in [0.4, 0.5) is 0 Å². The van der Waals surface area contributed by atoms with Gasteiger partial charge < -0.3 is 19.4 Å². The van der Waals surface area contributed by atoms with Gasteiger partial charge in [-0.3, -0.25) is 4.79 Å². The van der Waals surface area contributed by atoms with Crippen LogP contribution in [0, 0.1) is 6.92 Å². The van der Waals surface area contributed by atoms with Crippen LogP contribution in [-0.2, 0) is 4.74 Å². The first kappa shape index (κ1) is 20.5. The number of nitrogens with one attached hydrogen (secondary N) is 1. The zero-order valence-corrected chi connectivity index (χ0v) is 17.1. The summed E-state index contributed by atoms with van der Waals surface area (Å²) < 4.78 is 12.5. The highest BCUT2D eigenvalue weighted by Gasteiger charge is 2.23. The molecule has 0 spiro atoms. The maximum absolute atomic E-state index is 12.0. The van der Waals surface area contributed by atoms with Crippen molar-refractivity contribution < 1.29 is 13.9 Å². The van der Waals surface area contributed by atoms with Gasteiger partial charge in [0.25, 0.3) is 5.91 Å². The van der Waals surface area contributed by atoms with Crippen LogP contribution in [0.1, 0.15) is 60.2 Å². The van der Waals surface area contributed by atoms with Crippen LogP contribution in [0.15, 0.2) is 22.7 Å². The van der Waals surface area contributed by atoms with Crippen molar-refractivity contribution in [2.75, 3.05) is 39.9 Å². The Morgan fingerprint density at radius 3 is 2.86 bits per heavy atom. The van der Waals surface area contributed by atoms with Gasteiger partial charge in [0.15, 0.2) is 5.69 Å². The van der Waals surface area contributed by atoms with Crippen molar-refractivity contribution in [3.05, 3.63) is 35.5 Å². The van der Waals surface area contributed by atoms with Gasteiger partial charge in [-0.2, -0.15) is 0 Å². The highest BCUT2D eigenvalue weighted by molar-refractivity contribution is 5.91. The molecule has 0 radical (unpaired) electrons. The van der Waals surface area contributed by atoms with E-state index in [2.05, 4.69) is 33.5 Å². The summed E-state index contributed by atoms with van der Waals surface area (Å²) in [5, 5.41) is 11.0. The Kier molecular flexibility index (Phi) is 7.22. The molecule has 8 nitrogen and oxygen atoms in total. The molecule has 1 atom stereocenters. The number of carbonyl (C=O) groups is 1. The second-order valence-electron chi connectivity index (χ2n) is 7.54. The fourth-order valence-corrected chi connectivity index (χ4v) is 3.56. The zero-order chi connectivity index (χ0) is 19.9. The van der Waals surface area contributed by atoms with Crippen LogP contribution in [0.25, 0.3) is 0 Å². The number of hydrogen-bond donors (Lipinski definition) is 1. The fraction of sp³-hybridized carbons (Fsp3) is 0.650. The van der Waals surface area contributed by atoms with Crippen LogP contribution in [-0.4, -0.2) is 65.7 Å². The van der Waals surface area contributed by atoms with Gasteiger partial charge in [-0.05, 0) is 44.9 Å². The molecule has 2 aromatic rings.